The Bertz CT molecular complexity index is 598. The molecule has 2 aliphatic heterocycles. The van der Waals surface area contributed by atoms with Gasteiger partial charge in [-0.3, -0.25) is 0 Å². The number of aliphatic hydroxyl groups excluding tert-OH is 1. The second kappa shape index (κ2) is 5.07. The van der Waals surface area contributed by atoms with Crippen LogP contribution < -0.4 is 0 Å². The Hall–Kier alpha value is -0.870. The molecule has 2 aliphatic carbocycles. The second-order valence-electron chi connectivity index (χ2n) is 9.19. The largest absolute Gasteiger partial charge is 0.458 e. The predicted molar refractivity (Wildman–Crippen MR) is 90.3 cm³/mol. The van der Waals surface area contributed by atoms with Gasteiger partial charge < -0.3 is 14.6 Å². The van der Waals surface area contributed by atoms with Crippen molar-refractivity contribution in [1.82, 2.24) is 0 Å². The lowest BCUT2D eigenvalue weighted by Crippen LogP contribution is -2.62. The third-order valence-electron chi connectivity index (χ3n) is 8.35. The highest BCUT2D eigenvalue weighted by molar-refractivity contribution is 5.85. The number of hydrogen-bond donors (Lipinski definition) is 1. The first kappa shape index (κ1) is 16.6. The predicted octanol–water partition coefficient (Wildman–Crippen LogP) is 3.23. The molecule has 7 atom stereocenters. The normalized spacial score (nSPS) is 53.0. The lowest BCUT2D eigenvalue weighted by atomic mass is 9.43. The number of carbonyl (C=O) groups is 1. The van der Waals surface area contributed by atoms with Gasteiger partial charge in [0.1, 0.15) is 12.2 Å². The van der Waals surface area contributed by atoms with E-state index >= 15 is 0 Å². The van der Waals surface area contributed by atoms with E-state index in [4.69, 9.17) is 9.47 Å². The van der Waals surface area contributed by atoms with Crippen molar-refractivity contribution in [1.29, 1.82) is 0 Å². The Balaban J connectivity index is 1.61. The summed E-state index contributed by atoms with van der Waals surface area (Å²) in [5.74, 6) is 0.709. The Morgan fingerprint density at radius 2 is 2.04 bits per heavy atom. The molecule has 0 aromatic heterocycles. The number of hydrogen-bond acceptors (Lipinski definition) is 4. The maximum Gasteiger partial charge on any atom is 0.331 e. The molecule has 4 heteroatoms. The van der Waals surface area contributed by atoms with Crippen LogP contribution in [0.25, 0.3) is 0 Å². The minimum absolute atomic E-state index is 0.153. The summed E-state index contributed by atoms with van der Waals surface area (Å²) in [6.07, 6.45) is 6.72. The fourth-order valence-corrected chi connectivity index (χ4v) is 6.21. The summed E-state index contributed by atoms with van der Waals surface area (Å²) in [7, 11) is 0. The zero-order valence-corrected chi connectivity index (χ0v) is 15.3. The first-order chi connectivity index (χ1) is 11.2. The van der Waals surface area contributed by atoms with Gasteiger partial charge in [0.2, 0.25) is 0 Å². The second-order valence-corrected chi connectivity index (χ2v) is 9.19. The average Bonchev–Trinajstić information content (AvgIpc) is 3.04. The highest BCUT2D eigenvalue weighted by Gasteiger charge is 2.74. The van der Waals surface area contributed by atoms with Crippen molar-refractivity contribution in [2.45, 2.75) is 77.6 Å². The molecule has 1 N–H and O–H groups in total. The van der Waals surface area contributed by atoms with Crippen molar-refractivity contribution >= 4 is 5.97 Å². The summed E-state index contributed by atoms with van der Waals surface area (Å²) in [4.78, 5) is 11.3. The van der Waals surface area contributed by atoms with E-state index in [-0.39, 0.29) is 28.5 Å². The minimum atomic E-state index is -0.295. The number of epoxide rings is 1. The van der Waals surface area contributed by atoms with Crippen LogP contribution in [0.15, 0.2) is 11.6 Å². The molecule has 4 rings (SSSR count). The van der Waals surface area contributed by atoms with E-state index in [0.717, 1.165) is 37.7 Å². The highest BCUT2D eigenvalue weighted by Crippen LogP contribution is 2.70. The Kier molecular flexibility index (Phi) is 3.51. The van der Waals surface area contributed by atoms with Gasteiger partial charge in [-0.1, -0.05) is 20.8 Å². The van der Waals surface area contributed by atoms with Crippen molar-refractivity contribution in [2.24, 2.45) is 22.7 Å². The van der Waals surface area contributed by atoms with Gasteiger partial charge in [0.05, 0.1) is 12.2 Å². The van der Waals surface area contributed by atoms with Crippen LogP contribution >= 0.6 is 0 Å². The zero-order valence-electron chi connectivity index (χ0n) is 15.3. The fourth-order valence-electron chi connectivity index (χ4n) is 6.21. The van der Waals surface area contributed by atoms with Gasteiger partial charge in [-0.2, -0.15) is 0 Å². The number of carbonyl (C=O) groups excluding carboxylic acids is 1. The lowest BCUT2D eigenvalue weighted by molar-refractivity contribution is -0.172. The van der Waals surface area contributed by atoms with Crippen LogP contribution in [0.2, 0.25) is 0 Å². The summed E-state index contributed by atoms with van der Waals surface area (Å²) >= 11 is 0. The van der Waals surface area contributed by atoms with E-state index in [2.05, 4.69) is 27.7 Å². The summed E-state index contributed by atoms with van der Waals surface area (Å²) < 4.78 is 11.1. The molecule has 1 saturated heterocycles. The van der Waals surface area contributed by atoms with Crippen LogP contribution in [-0.2, 0) is 14.3 Å². The molecule has 4 nitrogen and oxygen atoms in total. The summed E-state index contributed by atoms with van der Waals surface area (Å²) in [5.41, 5.74) is 0.930. The van der Waals surface area contributed by atoms with E-state index in [1.165, 1.54) is 0 Å². The lowest BCUT2D eigenvalue weighted by Gasteiger charge is -2.61. The minimum Gasteiger partial charge on any atom is -0.458 e. The van der Waals surface area contributed by atoms with Crippen molar-refractivity contribution in [3.63, 3.8) is 0 Å². The van der Waals surface area contributed by atoms with Crippen LogP contribution in [0.3, 0.4) is 0 Å². The van der Waals surface area contributed by atoms with E-state index < -0.39 is 0 Å². The van der Waals surface area contributed by atoms with Gasteiger partial charge in [-0.05, 0) is 61.9 Å². The standard InChI is InChI=1S/C20H30O4/c1-12-9-15(21)19(3)14(5-6-16-20(19,4)24-16)18(12,2)8-7-13-10-17(22)23-11-13/h10,12,14-16,21H,5-9,11H2,1-4H3/t12-,14+,15-,16-,18-,19+,20-/m1/s1. The van der Waals surface area contributed by atoms with Gasteiger partial charge in [0, 0.05) is 11.5 Å². The molecular formula is C20H30O4. The van der Waals surface area contributed by atoms with Gasteiger partial charge >= 0.3 is 5.97 Å². The molecule has 0 unspecified atom stereocenters. The molecular weight excluding hydrogens is 304 g/mol. The zero-order chi connectivity index (χ0) is 17.3. The number of fused-ring (bicyclic) bond motifs is 3. The molecule has 4 aliphatic rings. The maximum absolute atomic E-state index is 11.3. The van der Waals surface area contributed by atoms with Crippen LogP contribution in [0, 0.1) is 22.7 Å². The molecule has 0 radical (unpaired) electrons. The van der Waals surface area contributed by atoms with Crippen molar-refractivity contribution < 1.29 is 19.4 Å². The Morgan fingerprint density at radius 1 is 1.29 bits per heavy atom. The summed E-state index contributed by atoms with van der Waals surface area (Å²) in [6.45, 7) is 9.60. The first-order valence-electron chi connectivity index (χ1n) is 9.44. The van der Waals surface area contributed by atoms with E-state index in [1.807, 2.05) is 0 Å². The topological polar surface area (TPSA) is 59.1 Å². The number of cyclic esters (lactones) is 1. The quantitative estimate of drug-likeness (QED) is 0.636. The first-order valence-corrected chi connectivity index (χ1v) is 9.44. The van der Waals surface area contributed by atoms with Crippen LogP contribution in [0.5, 0.6) is 0 Å². The molecule has 2 saturated carbocycles. The van der Waals surface area contributed by atoms with Crippen molar-refractivity contribution in [2.75, 3.05) is 6.61 Å². The van der Waals surface area contributed by atoms with Gasteiger partial charge in [-0.15, -0.1) is 0 Å². The number of ether oxygens (including phenoxy) is 2. The maximum atomic E-state index is 11.3. The third-order valence-corrected chi connectivity index (χ3v) is 8.35. The molecule has 0 aromatic carbocycles. The summed E-state index contributed by atoms with van der Waals surface area (Å²) in [5, 5.41) is 11.0. The van der Waals surface area contributed by atoms with Crippen LogP contribution in [-0.4, -0.2) is 35.5 Å². The smallest absolute Gasteiger partial charge is 0.331 e. The molecule has 2 heterocycles. The fraction of sp³-hybridized carbons (Fsp3) is 0.850. The monoisotopic (exact) mass is 334 g/mol. The van der Waals surface area contributed by atoms with Gasteiger partial charge in [-0.25, -0.2) is 4.79 Å². The molecule has 0 amide bonds. The van der Waals surface area contributed by atoms with E-state index in [1.54, 1.807) is 6.08 Å². The molecule has 134 valence electrons. The molecule has 0 aromatic rings. The Labute approximate surface area is 144 Å². The summed E-state index contributed by atoms with van der Waals surface area (Å²) in [6, 6.07) is 0. The number of aliphatic hydroxyl groups is 1. The Morgan fingerprint density at radius 3 is 2.71 bits per heavy atom. The molecule has 0 bridgehead atoms. The molecule has 3 fully saturated rings. The van der Waals surface area contributed by atoms with Gasteiger partial charge in [0.15, 0.2) is 0 Å². The highest BCUT2D eigenvalue weighted by atomic mass is 16.6. The van der Waals surface area contributed by atoms with Crippen LogP contribution in [0.1, 0.15) is 59.8 Å². The van der Waals surface area contributed by atoms with E-state index in [9.17, 15) is 9.90 Å². The van der Waals surface area contributed by atoms with Crippen molar-refractivity contribution in [3.8, 4) is 0 Å². The molecule has 24 heavy (non-hydrogen) atoms. The molecule has 0 spiro atoms. The van der Waals surface area contributed by atoms with E-state index in [0.29, 0.717) is 24.5 Å². The number of rotatable bonds is 3. The third kappa shape index (κ3) is 2.02. The average molecular weight is 334 g/mol. The van der Waals surface area contributed by atoms with Crippen LogP contribution in [0.4, 0.5) is 0 Å². The SMILES string of the molecule is C[C@@H]1C[C@@H](O)[C@]2(C)[C@@H](CC[C@H]3O[C@]32C)[C@]1(C)CCC1=CC(=O)OC1. The van der Waals surface area contributed by atoms with Crippen molar-refractivity contribution in [3.05, 3.63) is 11.6 Å². The van der Waals surface area contributed by atoms with Gasteiger partial charge in [0.25, 0.3) is 0 Å². The number of esters is 1.